The van der Waals surface area contributed by atoms with Crippen LogP contribution in [0.3, 0.4) is 0 Å². The molecule has 0 amide bonds. The normalized spacial score (nSPS) is 14.4. The highest BCUT2D eigenvalue weighted by Gasteiger charge is 1.93. The molecule has 0 radical (unpaired) electrons. The van der Waals surface area contributed by atoms with Crippen molar-refractivity contribution in [2.45, 2.75) is 20.8 Å². The summed E-state index contributed by atoms with van der Waals surface area (Å²) in [5.41, 5.74) is 2.42. The van der Waals surface area contributed by atoms with E-state index in [1.807, 2.05) is 45.1 Å². The lowest BCUT2D eigenvalue weighted by molar-refractivity contribution is 1.47. The summed E-state index contributed by atoms with van der Waals surface area (Å²) in [6, 6.07) is 0. The molecule has 0 rings (SSSR count). The van der Waals surface area contributed by atoms with E-state index in [1.54, 1.807) is 0 Å². The van der Waals surface area contributed by atoms with Crippen LogP contribution in [0, 0.1) is 0 Å². The number of rotatable bonds is 4. The Morgan fingerprint density at radius 1 is 0.923 bits per heavy atom. The van der Waals surface area contributed by atoms with Crippen molar-refractivity contribution in [3.8, 4) is 0 Å². The molecule has 0 N–H and O–H groups in total. The predicted octanol–water partition coefficient (Wildman–Crippen LogP) is 4.20. The molecule has 0 nitrogen and oxygen atoms in total. The fourth-order valence-electron chi connectivity index (χ4n) is 1.09. The Kier molecular flexibility index (Phi) is 6.62. The lowest BCUT2D eigenvalue weighted by Gasteiger charge is -2.01. The fourth-order valence-corrected chi connectivity index (χ4v) is 1.09. The summed E-state index contributed by atoms with van der Waals surface area (Å²) in [4.78, 5) is 0. The first-order chi connectivity index (χ1) is 6.29. The Hall–Kier alpha value is -1.30. The molecule has 0 bridgehead atoms. The highest BCUT2D eigenvalue weighted by atomic mass is 14.0. The molecule has 0 saturated heterocycles. The minimum absolute atomic E-state index is 1.19. The Morgan fingerprint density at radius 3 is 1.85 bits per heavy atom. The van der Waals surface area contributed by atoms with Gasteiger partial charge >= 0.3 is 0 Å². The van der Waals surface area contributed by atoms with Gasteiger partial charge in [-0.15, -0.1) is 0 Å². The zero-order valence-electron chi connectivity index (χ0n) is 8.75. The van der Waals surface area contributed by atoms with Gasteiger partial charge in [0.2, 0.25) is 0 Å². The number of hydrogen-bond donors (Lipinski definition) is 0. The first-order valence-electron chi connectivity index (χ1n) is 4.54. The summed E-state index contributed by atoms with van der Waals surface area (Å²) >= 11 is 0. The van der Waals surface area contributed by atoms with Gasteiger partial charge in [-0.05, 0) is 31.9 Å². The van der Waals surface area contributed by atoms with E-state index in [9.17, 15) is 0 Å². The topological polar surface area (TPSA) is 0 Å². The molecule has 0 spiro atoms. The first kappa shape index (κ1) is 11.7. The molecular formula is C13H18. The van der Waals surface area contributed by atoms with Gasteiger partial charge < -0.3 is 0 Å². The van der Waals surface area contributed by atoms with E-state index < -0.39 is 0 Å². The van der Waals surface area contributed by atoms with Gasteiger partial charge in [-0.1, -0.05) is 49.1 Å². The fraction of sp³-hybridized carbons (Fsp3) is 0.231. The quantitative estimate of drug-likeness (QED) is 0.560. The molecule has 0 aliphatic carbocycles. The molecule has 0 aliphatic heterocycles. The van der Waals surface area contributed by atoms with Gasteiger partial charge in [0.1, 0.15) is 0 Å². The van der Waals surface area contributed by atoms with Gasteiger partial charge in [0.15, 0.2) is 0 Å². The van der Waals surface area contributed by atoms with Crippen molar-refractivity contribution in [2.24, 2.45) is 0 Å². The van der Waals surface area contributed by atoms with Gasteiger partial charge in [-0.3, -0.25) is 0 Å². The lowest BCUT2D eigenvalue weighted by Crippen LogP contribution is -1.81. The maximum atomic E-state index is 3.70. The molecule has 13 heavy (non-hydrogen) atoms. The monoisotopic (exact) mass is 174 g/mol. The second kappa shape index (κ2) is 7.35. The molecule has 70 valence electrons. The molecule has 0 heterocycles. The van der Waals surface area contributed by atoms with Crippen LogP contribution in [0.1, 0.15) is 20.8 Å². The van der Waals surface area contributed by atoms with Crippen molar-refractivity contribution in [1.29, 1.82) is 0 Å². The number of hydrogen-bond acceptors (Lipinski definition) is 0. The lowest BCUT2D eigenvalue weighted by atomic mass is 10.0. The zero-order chi connectivity index (χ0) is 10.1. The van der Waals surface area contributed by atoms with Gasteiger partial charge in [0.25, 0.3) is 0 Å². The van der Waals surface area contributed by atoms with Crippen LogP contribution in [0.15, 0.2) is 60.3 Å². The van der Waals surface area contributed by atoms with Crippen molar-refractivity contribution in [3.05, 3.63) is 60.3 Å². The molecule has 0 aliphatic rings. The zero-order valence-corrected chi connectivity index (χ0v) is 8.75. The smallest absolute Gasteiger partial charge is 0.0191 e. The second-order valence-electron chi connectivity index (χ2n) is 2.60. The summed E-state index contributed by atoms with van der Waals surface area (Å²) in [6.07, 6.45) is 14.2. The van der Waals surface area contributed by atoms with Gasteiger partial charge in [0, 0.05) is 0 Å². The van der Waals surface area contributed by atoms with Gasteiger partial charge in [-0.2, -0.15) is 0 Å². The minimum Gasteiger partial charge on any atom is -0.0990 e. The third kappa shape index (κ3) is 4.32. The summed E-state index contributed by atoms with van der Waals surface area (Å²) in [5.74, 6) is 0. The summed E-state index contributed by atoms with van der Waals surface area (Å²) in [6.45, 7) is 9.77. The Morgan fingerprint density at radius 2 is 1.46 bits per heavy atom. The third-order valence-corrected chi connectivity index (χ3v) is 1.63. The molecular weight excluding hydrogens is 156 g/mol. The third-order valence-electron chi connectivity index (χ3n) is 1.63. The van der Waals surface area contributed by atoms with Crippen LogP contribution in [-0.2, 0) is 0 Å². The van der Waals surface area contributed by atoms with E-state index in [-0.39, 0.29) is 0 Å². The van der Waals surface area contributed by atoms with Crippen molar-refractivity contribution in [1.82, 2.24) is 0 Å². The summed E-state index contributed by atoms with van der Waals surface area (Å²) in [7, 11) is 0. The summed E-state index contributed by atoms with van der Waals surface area (Å²) < 4.78 is 0. The van der Waals surface area contributed by atoms with Crippen LogP contribution in [0.25, 0.3) is 0 Å². The Balaban J connectivity index is 4.92. The highest BCUT2D eigenvalue weighted by molar-refractivity contribution is 5.47. The van der Waals surface area contributed by atoms with E-state index in [4.69, 9.17) is 0 Å². The summed E-state index contributed by atoms with van der Waals surface area (Å²) in [5, 5.41) is 0. The largest absolute Gasteiger partial charge is 0.0990 e. The van der Waals surface area contributed by atoms with E-state index in [2.05, 4.69) is 24.8 Å². The van der Waals surface area contributed by atoms with Crippen LogP contribution in [-0.4, -0.2) is 0 Å². The maximum absolute atomic E-state index is 3.70. The molecule has 0 aromatic rings. The Labute approximate surface area is 81.7 Å². The molecule has 0 heteroatoms. The number of allylic oxidation sites excluding steroid dienone is 9. The van der Waals surface area contributed by atoms with E-state index in [1.165, 1.54) is 11.1 Å². The van der Waals surface area contributed by atoms with Crippen LogP contribution in [0.2, 0.25) is 0 Å². The second-order valence-corrected chi connectivity index (χ2v) is 2.60. The average Bonchev–Trinajstić information content (AvgIpc) is 2.14. The van der Waals surface area contributed by atoms with Crippen LogP contribution in [0.5, 0.6) is 0 Å². The molecule has 0 fully saturated rings. The van der Waals surface area contributed by atoms with Crippen molar-refractivity contribution in [2.75, 3.05) is 0 Å². The van der Waals surface area contributed by atoms with Gasteiger partial charge in [0.05, 0.1) is 0 Å². The minimum atomic E-state index is 1.19. The van der Waals surface area contributed by atoms with E-state index in [0.717, 1.165) is 0 Å². The van der Waals surface area contributed by atoms with Crippen molar-refractivity contribution >= 4 is 0 Å². The molecule has 0 aromatic heterocycles. The molecule has 0 unspecified atom stereocenters. The molecule has 0 aromatic carbocycles. The van der Waals surface area contributed by atoms with Crippen LogP contribution in [0.4, 0.5) is 0 Å². The van der Waals surface area contributed by atoms with Crippen LogP contribution < -0.4 is 0 Å². The van der Waals surface area contributed by atoms with E-state index in [0.29, 0.717) is 0 Å². The first-order valence-corrected chi connectivity index (χ1v) is 4.54. The SMILES string of the molecule is C=CC=C(/C=C\C)/C(C=CC)=C/C. The average molecular weight is 174 g/mol. The molecule has 0 atom stereocenters. The Bertz CT molecular complexity index is 260. The van der Waals surface area contributed by atoms with Crippen LogP contribution >= 0.6 is 0 Å². The molecule has 0 saturated carbocycles. The van der Waals surface area contributed by atoms with Crippen molar-refractivity contribution in [3.63, 3.8) is 0 Å². The highest BCUT2D eigenvalue weighted by Crippen LogP contribution is 2.13. The van der Waals surface area contributed by atoms with E-state index >= 15 is 0 Å². The predicted molar refractivity (Wildman–Crippen MR) is 61.7 cm³/mol. The van der Waals surface area contributed by atoms with Crippen molar-refractivity contribution < 1.29 is 0 Å². The maximum Gasteiger partial charge on any atom is -0.0191 e. The standard InChI is InChI=1S/C13H18/c1-5-9-12(8-4)13(10-6-2)11-7-3/h5-11H,2H2,1,3-4H3/b9-5?,11-7-,12-8+,13-10?. The van der Waals surface area contributed by atoms with Gasteiger partial charge in [-0.25, -0.2) is 0 Å².